The molecule has 1 N–H and O–H groups in total. The second kappa shape index (κ2) is 5.45. The van der Waals surface area contributed by atoms with Gasteiger partial charge in [-0.15, -0.1) is 0 Å². The van der Waals surface area contributed by atoms with Crippen molar-refractivity contribution in [3.8, 4) is 0 Å². The van der Waals surface area contributed by atoms with E-state index in [0.717, 1.165) is 5.56 Å². The van der Waals surface area contributed by atoms with Crippen molar-refractivity contribution in [2.75, 3.05) is 0 Å². The second-order valence-electron chi connectivity index (χ2n) is 6.62. The highest BCUT2D eigenvalue weighted by molar-refractivity contribution is 5.41. The fourth-order valence-electron chi connectivity index (χ4n) is 2.52. The Morgan fingerprint density at radius 2 is 1.75 bits per heavy atom. The summed E-state index contributed by atoms with van der Waals surface area (Å²) in [4.78, 5) is 0. The lowest BCUT2D eigenvalue weighted by atomic mass is 9.83. The molecule has 20 heavy (non-hydrogen) atoms. The molecule has 2 nitrogen and oxygen atoms in total. The van der Waals surface area contributed by atoms with E-state index in [4.69, 9.17) is 4.42 Å². The first kappa shape index (κ1) is 14.9. The number of furan rings is 1. The Bertz CT molecular complexity index is 551. The van der Waals surface area contributed by atoms with Gasteiger partial charge in [0.15, 0.2) is 0 Å². The van der Waals surface area contributed by atoms with Gasteiger partial charge < -0.3 is 9.52 Å². The number of hydrogen-bond donors (Lipinski definition) is 1. The van der Waals surface area contributed by atoms with Gasteiger partial charge in [-0.1, -0.05) is 32.9 Å². The van der Waals surface area contributed by atoms with Crippen molar-refractivity contribution in [2.24, 2.45) is 0 Å². The third-order valence-electron chi connectivity index (χ3n) is 3.89. The van der Waals surface area contributed by atoms with Gasteiger partial charge >= 0.3 is 0 Å². The topological polar surface area (TPSA) is 33.4 Å². The van der Waals surface area contributed by atoms with Crippen molar-refractivity contribution in [1.29, 1.82) is 0 Å². The monoisotopic (exact) mass is 272 g/mol. The zero-order valence-electron chi connectivity index (χ0n) is 13.0. The number of aryl methyl sites for hydroxylation is 2. The van der Waals surface area contributed by atoms with Crippen molar-refractivity contribution in [3.63, 3.8) is 0 Å². The van der Waals surface area contributed by atoms with Crippen LogP contribution in [0.25, 0.3) is 0 Å². The molecule has 0 radical (unpaired) electrons. The average Bonchev–Trinajstić information content (AvgIpc) is 2.85. The molecule has 1 unspecified atom stereocenters. The molecule has 0 aliphatic carbocycles. The number of rotatable bonds is 3. The first-order chi connectivity index (χ1) is 9.29. The minimum atomic E-state index is -0.508. The molecule has 2 aromatic rings. The van der Waals surface area contributed by atoms with Crippen molar-refractivity contribution >= 4 is 0 Å². The van der Waals surface area contributed by atoms with Crippen LogP contribution in [0.2, 0.25) is 0 Å². The van der Waals surface area contributed by atoms with Crippen molar-refractivity contribution in [1.82, 2.24) is 0 Å². The fraction of sp³-hybridized carbons (Fsp3) is 0.444. The van der Waals surface area contributed by atoms with Crippen LogP contribution in [-0.2, 0) is 11.8 Å². The molecule has 2 heteroatoms. The lowest BCUT2D eigenvalue weighted by molar-refractivity contribution is 0.177. The summed E-state index contributed by atoms with van der Waals surface area (Å²) in [5.74, 6) is 0. The SMILES string of the molecule is Cc1cc(C(C)(C)C)cc(C)c1CC(O)c1ccoc1. The molecule has 0 amide bonds. The summed E-state index contributed by atoms with van der Waals surface area (Å²) in [6, 6.07) is 6.30. The summed E-state index contributed by atoms with van der Waals surface area (Å²) in [6.07, 6.45) is 3.33. The Balaban J connectivity index is 2.29. The molecule has 0 bridgehead atoms. The third kappa shape index (κ3) is 3.13. The van der Waals surface area contributed by atoms with E-state index in [1.165, 1.54) is 22.3 Å². The summed E-state index contributed by atoms with van der Waals surface area (Å²) in [6.45, 7) is 10.9. The number of aliphatic hydroxyl groups excluding tert-OH is 1. The molecule has 1 atom stereocenters. The van der Waals surface area contributed by atoms with E-state index in [0.29, 0.717) is 6.42 Å². The number of aliphatic hydroxyl groups is 1. The molecule has 1 aromatic heterocycles. The zero-order chi connectivity index (χ0) is 14.9. The zero-order valence-corrected chi connectivity index (χ0v) is 13.0. The smallest absolute Gasteiger partial charge is 0.0960 e. The molecule has 1 heterocycles. The van der Waals surface area contributed by atoms with Gasteiger partial charge in [0, 0.05) is 12.0 Å². The Hall–Kier alpha value is -1.54. The quantitative estimate of drug-likeness (QED) is 0.894. The molecule has 0 fully saturated rings. The largest absolute Gasteiger partial charge is 0.472 e. The molecule has 0 saturated heterocycles. The molecule has 1 aromatic carbocycles. The van der Waals surface area contributed by atoms with Gasteiger partial charge in [-0.05, 0) is 47.6 Å². The van der Waals surface area contributed by atoms with Gasteiger partial charge in [0.05, 0.1) is 18.6 Å². The van der Waals surface area contributed by atoms with Crippen LogP contribution in [0.1, 0.15) is 54.7 Å². The minimum Gasteiger partial charge on any atom is -0.472 e. The molecular weight excluding hydrogens is 248 g/mol. The van der Waals surface area contributed by atoms with Gasteiger partial charge in [0.1, 0.15) is 0 Å². The van der Waals surface area contributed by atoms with Crippen LogP contribution in [0.3, 0.4) is 0 Å². The molecule has 0 aliphatic heterocycles. The van der Waals surface area contributed by atoms with Crippen LogP contribution in [0.5, 0.6) is 0 Å². The molecule has 108 valence electrons. The van der Waals surface area contributed by atoms with E-state index in [9.17, 15) is 5.11 Å². The maximum atomic E-state index is 10.3. The Morgan fingerprint density at radius 1 is 1.15 bits per heavy atom. The summed E-state index contributed by atoms with van der Waals surface area (Å²) in [7, 11) is 0. The summed E-state index contributed by atoms with van der Waals surface area (Å²) < 4.78 is 5.04. The van der Waals surface area contributed by atoms with Crippen LogP contribution in [0.15, 0.2) is 35.1 Å². The van der Waals surface area contributed by atoms with E-state index >= 15 is 0 Å². The lowest BCUT2D eigenvalue weighted by Gasteiger charge is -2.23. The van der Waals surface area contributed by atoms with Crippen LogP contribution in [0.4, 0.5) is 0 Å². The molecular formula is C18H24O2. The lowest BCUT2D eigenvalue weighted by Crippen LogP contribution is -2.13. The van der Waals surface area contributed by atoms with E-state index < -0.39 is 6.10 Å². The summed E-state index contributed by atoms with van der Waals surface area (Å²) in [5.41, 5.74) is 6.05. The maximum Gasteiger partial charge on any atom is 0.0960 e. The Morgan fingerprint density at radius 3 is 2.20 bits per heavy atom. The highest BCUT2D eigenvalue weighted by Gasteiger charge is 2.18. The first-order valence-corrected chi connectivity index (χ1v) is 7.10. The van der Waals surface area contributed by atoms with E-state index in [2.05, 4.69) is 46.8 Å². The molecule has 0 saturated carbocycles. The van der Waals surface area contributed by atoms with Crippen LogP contribution in [-0.4, -0.2) is 5.11 Å². The molecule has 0 spiro atoms. The van der Waals surface area contributed by atoms with Crippen molar-refractivity contribution in [2.45, 2.75) is 52.6 Å². The fourth-order valence-corrected chi connectivity index (χ4v) is 2.52. The van der Waals surface area contributed by atoms with Gasteiger partial charge in [-0.25, -0.2) is 0 Å². The van der Waals surface area contributed by atoms with Gasteiger partial charge in [0.2, 0.25) is 0 Å². The normalized spacial score (nSPS) is 13.5. The van der Waals surface area contributed by atoms with Gasteiger partial charge in [0.25, 0.3) is 0 Å². The third-order valence-corrected chi connectivity index (χ3v) is 3.89. The number of hydrogen-bond acceptors (Lipinski definition) is 2. The minimum absolute atomic E-state index is 0.150. The summed E-state index contributed by atoms with van der Waals surface area (Å²) in [5, 5.41) is 10.3. The van der Waals surface area contributed by atoms with Crippen molar-refractivity contribution < 1.29 is 9.52 Å². The predicted octanol–water partition coefficient (Wildman–Crippen LogP) is 4.47. The standard InChI is InChI=1S/C18H24O2/c1-12-8-15(18(3,4)5)9-13(2)16(12)10-17(19)14-6-7-20-11-14/h6-9,11,17,19H,10H2,1-5H3. The van der Waals surface area contributed by atoms with E-state index in [1.54, 1.807) is 12.5 Å². The van der Waals surface area contributed by atoms with Gasteiger partial charge in [-0.2, -0.15) is 0 Å². The van der Waals surface area contributed by atoms with E-state index in [-0.39, 0.29) is 5.41 Å². The van der Waals surface area contributed by atoms with Crippen LogP contribution in [0, 0.1) is 13.8 Å². The first-order valence-electron chi connectivity index (χ1n) is 7.10. The van der Waals surface area contributed by atoms with Crippen LogP contribution >= 0.6 is 0 Å². The molecule has 2 rings (SSSR count). The van der Waals surface area contributed by atoms with Crippen LogP contribution < -0.4 is 0 Å². The second-order valence-corrected chi connectivity index (χ2v) is 6.62. The number of benzene rings is 1. The molecule has 0 aliphatic rings. The van der Waals surface area contributed by atoms with Crippen molar-refractivity contribution in [3.05, 3.63) is 58.5 Å². The summed E-state index contributed by atoms with van der Waals surface area (Å²) >= 11 is 0. The highest BCUT2D eigenvalue weighted by atomic mass is 16.3. The predicted molar refractivity (Wildman–Crippen MR) is 82.0 cm³/mol. The van der Waals surface area contributed by atoms with E-state index in [1.807, 2.05) is 6.07 Å². The Labute approximate surface area is 121 Å². The maximum absolute atomic E-state index is 10.3. The Kier molecular flexibility index (Phi) is 4.05. The van der Waals surface area contributed by atoms with Gasteiger partial charge in [-0.3, -0.25) is 0 Å². The average molecular weight is 272 g/mol. The highest BCUT2D eigenvalue weighted by Crippen LogP contribution is 2.29.